The number of rotatable bonds is 14. The van der Waals surface area contributed by atoms with Gasteiger partial charge in [0.2, 0.25) is 0 Å². The Kier molecular flexibility index (Phi) is 12.1. The molecule has 0 aliphatic rings. The topological polar surface area (TPSA) is 54.0 Å². The van der Waals surface area contributed by atoms with E-state index in [1.807, 2.05) is 31.2 Å². The molecule has 0 fully saturated rings. The lowest BCUT2D eigenvalue weighted by molar-refractivity contribution is -0.120. The molecule has 1 aromatic carbocycles. The van der Waals surface area contributed by atoms with Gasteiger partial charge < -0.3 is 23.1 Å². The van der Waals surface area contributed by atoms with Crippen LogP contribution in [0.15, 0.2) is 24.3 Å². The number of aldehydes is 1. The molecule has 36 heavy (non-hydrogen) atoms. The molecule has 0 radical (unpaired) electrons. The molecule has 0 aliphatic heterocycles. The Morgan fingerprint density at radius 3 is 1.86 bits per heavy atom. The zero-order valence-corrected chi connectivity index (χ0v) is 27.4. The van der Waals surface area contributed by atoms with Crippen LogP contribution in [0.4, 0.5) is 0 Å². The number of carbonyl (C=O) groups excluding carboxylic acids is 1. The molecule has 1 rings (SSSR count). The number of hydrogen-bond acceptors (Lipinski definition) is 5. The molecule has 0 bridgehead atoms. The maximum atomic E-state index is 11.9. The Balaban J connectivity index is 3.14. The van der Waals surface area contributed by atoms with E-state index in [1.165, 1.54) is 0 Å². The van der Waals surface area contributed by atoms with Gasteiger partial charge in [0.05, 0.1) is 25.9 Å². The minimum absolute atomic E-state index is 0.0283. The van der Waals surface area contributed by atoms with Gasteiger partial charge in [-0.3, -0.25) is 0 Å². The average molecular weight is 539 g/mol. The Morgan fingerprint density at radius 2 is 1.42 bits per heavy atom. The Bertz CT molecular complexity index is 793. The van der Waals surface area contributed by atoms with Crippen LogP contribution in [0.5, 0.6) is 5.75 Å². The van der Waals surface area contributed by atoms with Crippen LogP contribution in [0.25, 0.3) is 0 Å². The van der Waals surface area contributed by atoms with E-state index in [0.717, 1.165) is 24.0 Å². The van der Waals surface area contributed by atoms with Gasteiger partial charge in [0.1, 0.15) is 12.0 Å². The summed E-state index contributed by atoms with van der Waals surface area (Å²) in [5, 5.41) is 0.241. The molecule has 0 saturated heterocycles. The van der Waals surface area contributed by atoms with Crippen LogP contribution in [-0.2, 0) is 25.0 Å². The molecule has 0 aliphatic carbocycles. The molecule has 7 heteroatoms. The third-order valence-corrected chi connectivity index (χ3v) is 17.4. The van der Waals surface area contributed by atoms with Crippen LogP contribution >= 0.6 is 0 Å². The fraction of sp³-hybridized carbons (Fsp3) is 0.759. The lowest BCUT2D eigenvalue weighted by Gasteiger charge is -2.43. The number of benzene rings is 1. The fourth-order valence-corrected chi connectivity index (χ4v) is 6.12. The number of carbonyl (C=O) groups is 1. The lowest BCUT2D eigenvalue weighted by Crippen LogP contribution is -2.49. The minimum Gasteiger partial charge on any atom is -0.497 e. The molecule has 0 heterocycles. The van der Waals surface area contributed by atoms with Gasteiger partial charge in [-0.2, -0.15) is 0 Å². The average Bonchev–Trinajstić information content (AvgIpc) is 2.76. The summed E-state index contributed by atoms with van der Waals surface area (Å²) in [5.74, 6) is 0.597. The first-order chi connectivity index (χ1) is 16.4. The van der Waals surface area contributed by atoms with Crippen molar-refractivity contribution in [3.05, 3.63) is 29.8 Å². The Morgan fingerprint density at radius 1 is 0.889 bits per heavy atom. The van der Waals surface area contributed by atoms with Gasteiger partial charge in [-0.15, -0.1) is 0 Å². The maximum Gasteiger partial charge on any atom is 0.192 e. The maximum absolute atomic E-state index is 11.9. The van der Waals surface area contributed by atoms with Crippen molar-refractivity contribution in [1.29, 1.82) is 0 Å². The summed E-state index contributed by atoms with van der Waals surface area (Å²) in [5.41, 5.74) is 1.05. The van der Waals surface area contributed by atoms with Gasteiger partial charge in [0.25, 0.3) is 0 Å². The number of ether oxygens (including phenoxy) is 2. The zero-order valence-electron chi connectivity index (χ0n) is 25.4. The van der Waals surface area contributed by atoms with Crippen LogP contribution < -0.4 is 4.74 Å². The summed E-state index contributed by atoms with van der Waals surface area (Å²) < 4.78 is 25.2. The standard InChI is InChI=1S/C29H54O5Si2/c1-22(20-30)27(32-21-24-14-16-25(31-9)17-15-24)23(2)26(34-36(12,13)29(6,7)8)18-19-33-35(10,11)28(3,4)5/h14-17,20,22-23,26-27H,18-19,21H2,1-13H3/t22-,23-,26+,27+/m1/s1. The van der Waals surface area contributed by atoms with Crippen molar-refractivity contribution < 1.29 is 23.1 Å². The predicted molar refractivity (Wildman–Crippen MR) is 156 cm³/mol. The molecule has 4 atom stereocenters. The molecular formula is C29H54O5Si2. The highest BCUT2D eigenvalue weighted by atomic mass is 28.4. The van der Waals surface area contributed by atoms with Crippen molar-refractivity contribution in [3.8, 4) is 5.75 Å². The van der Waals surface area contributed by atoms with Crippen LogP contribution in [0.2, 0.25) is 36.3 Å². The number of hydrogen-bond donors (Lipinski definition) is 0. The highest BCUT2D eigenvalue weighted by molar-refractivity contribution is 6.74. The van der Waals surface area contributed by atoms with Crippen molar-refractivity contribution in [2.24, 2.45) is 11.8 Å². The molecule has 5 nitrogen and oxygen atoms in total. The summed E-state index contributed by atoms with van der Waals surface area (Å²) in [7, 11) is -2.26. The van der Waals surface area contributed by atoms with E-state index in [1.54, 1.807) is 7.11 Å². The molecule has 1 aromatic rings. The molecule has 0 spiro atoms. The quantitative estimate of drug-likeness (QED) is 0.178. The summed E-state index contributed by atoms with van der Waals surface area (Å²) >= 11 is 0. The van der Waals surface area contributed by atoms with Crippen molar-refractivity contribution in [2.45, 2.75) is 117 Å². The van der Waals surface area contributed by atoms with Crippen LogP contribution in [0.3, 0.4) is 0 Å². The Hall–Kier alpha value is -0.996. The van der Waals surface area contributed by atoms with E-state index >= 15 is 0 Å². The van der Waals surface area contributed by atoms with Crippen LogP contribution in [0, 0.1) is 11.8 Å². The minimum atomic E-state index is -2.05. The van der Waals surface area contributed by atoms with E-state index in [9.17, 15) is 4.79 Å². The molecule has 0 aromatic heterocycles. The largest absolute Gasteiger partial charge is 0.497 e. The smallest absolute Gasteiger partial charge is 0.192 e. The third kappa shape index (κ3) is 9.39. The monoisotopic (exact) mass is 538 g/mol. The van der Waals surface area contributed by atoms with Gasteiger partial charge >= 0.3 is 0 Å². The second kappa shape index (κ2) is 13.2. The van der Waals surface area contributed by atoms with E-state index in [-0.39, 0.29) is 34.1 Å². The second-order valence-corrected chi connectivity index (χ2v) is 22.9. The van der Waals surface area contributed by atoms with Gasteiger partial charge in [-0.1, -0.05) is 67.5 Å². The van der Waals surface area contributed by atoms with E-state index in [0.29, 0.717) is 13.2 Å². The van der Waals surface area contributed by atoms with Crippen LogP contribution in [0.1, 0.15) is 67.4 Å². The van der Waals surface area contributed by atoms with Gasteiger partial charge in [-0.05, 0) is 60.4 Å². The second-order valence-electron chi connectivity index (χ2n) is 13.3. The molecule has 208 valence electrons. The zero-order chi connectivity index (χ0) is 27.9. The molecule has 0 saturated carbocycles. The van der Waals surface area contributed by atoms with Gasteiger partial charge in [-0.25, -0.2) is 0 Å². The SMILES string of the molecule is COc1ccc(CO[C@H]([C@H](C)[C@H](CCO[Si](C)(C)C(C)(C)C)O[Si](C)(C)C(C)(C)C)[C@H](C)C=O)cc1. The van der Waals surface area contributed by atoms with Crippen LogP contribution in [-0.4, -0.2) is 48.8 Å². The summed E-state index contributed by atoms with van der Waals surface area (Å²) in [6.07, 6.45) is 1.48. The lowest BCUT2D eigenvalue weighted by atomic mass is 9.88. The van der Waals surface area contributed by atoms with E-state index in [2.05, 4.69) is 74.7 Å². The van der Waals surface area contributed by atoms with Gasteiger partial charge in [0, 0.05) is 18.4 Å². The van der Waals surface area contributed by atoms with E-state index in [4.69, 9.17) is 18.3 Å². The summed E-state index contributed by atoms with van der Waals surface area (Å²) in [6.45, 7) is 27.9. The first-order valence-electron chi connectivity index (χ1n) is 13.4. The molecule has 0 unspecified atom stereocenters. The number of methoxy groups -OCH3 is 1. The van der Waals surface area contributed by atoms with Crippen molar-refractivity contribution in [2.75, 3.05) is 13.7 Å². The molecular weight excluding hydrogens is 484 g/mol. The summed E-state index contributed by atoms with van der Waals surface area (Å²) in [4.78, 5) is 11.9. The van der Waals surface area contributed by atoms with Crippen molar-refractivity contribution in [1.82, 2.24) is 0 Å². The predicted octanol–water partition coefficient (Wildman–Crippen LogP) is 7.85. The highest BCUT2D eigenvalue weighted by Gasteiger charge is 2.43. The molecule has 0 N–H and O–H groups in total. The highest BCUT2D eigenvalue weighted by Crippen LogP contribution is 2.40. The summed E-state index contributed by atoms with van der Waals surface area (Å²) in [6, 6.07) is 7.87. The van der Waals surface area contributed by atoms with Crippen molar-refractivity contribution >= 4 is 22.9 Å². The first kappa shape index (κ1) is 33.0. The normalized spacial score (nSPS) is 16.8. The fourth-order valence-electron chi connectivity index (χ4n) is 3.62. The third-order valence-electron chi connectivity index (χ3n) is 8.36. The first-order valence-corrected chi connectivity index (χ1v) is 19.2. The molecule has 0 amide bonds. The Labute approximate surface area is 223 Å². The van der Waals surface area contributed by atoms with E-state index < -0.39 is 16.6 Å². The van der Waals surface area contributed by atoms with Gasteiger partial charge in [0.15, 0.2) is 16.6 Å². The van der Waals surface area contributed by atoms with Crippen molar-refractivity contribution in [3.63, 3.8) is 0 Å².